The molecule has 266 valence electrons. The molecule has 1 saturated heterocycles. The Morgan fingerprint density at radius 1 is 0.922 bits per heavy atom. The number of aromatic carboxylic acids is 1. The van der Waals surface area contributed by atoms with Gasteiger partial charge in [-0.2, -0.15) is 4.31 Å². The van der Waals surface area contributed by atoms with Crippen LogP contribution in [0.25, 0.3) is 5.57 Å². The molecular formula is C36H30F5N3O6S. The van der Waals surface area contributed by atoms with Gasteiger partial charge < -0.3 is 14.7 Å². The number of hydrogen-bond donors (Lipinski definition) is 1. The van der Waals surface area contributed by atoms with Crippen LogP contribution in [0.2, 0.25) is 0 Å². The minimum absolute atomic E-state index is 0.0338. The van der Waals surface area contributed by atoms with Crippen molar-refractivity contribution in [3.63, 3.8) is 0 Å². The van der Waals surface area contributed by atoms with Crippen LogP contribution in [0.3, 0.4) is 0 Å². The normalized spacial score (nSPS) is 16.3. The van der Waals surface area contributed by atoms with Gasteiger partial charge in [0.15, 0.2) is 28.2 Å². The number of amides is 1. The number of sulfonamides is 1. The Labute approximate surface area is 289 Å². The molecule has 0 saturated carbocycles. The number of ether oxygens (including phenoxy) is 1. The number of hydrogen-bond acceptors (Lipinski definition) is 6. The second-order valence-corrected chi connectivity index (χ2v) is 13.8. The summed E-state index contributed by atoms with van der Waals surface area (Å²) < 4.78 is 104. The SMILES string of the molecule is O=C(O)c1ccc(N(Cc2ccc(C3=CCCCC3)cn2)C(=O)[C@H]2CCN2S(=O)(=O)c2c(F)c(F)c(F)c(F)c2F)cc1OCc1ccccc1. The minimum Gasteiger partial charge on any atom is -0.488 e. The minimum atomic E-state index is -5.43. The molecule has 1 aliphatic heterocycles. The van der Waals surface area contributed by atoms with Gasteiger partial charge in [0.05, 0.1) is 12.2 Å². The van der Waals surface area contributed by atoms with E-state index in [-0.39, 0.29) is 36.6 Å². The molecule has 1 atom stereocenters. The highest BCUT2D eigenvalue weighted by Crippen LogP contribution is 2.36. The van der Waals surface area contributed by atoms with E-state index >= 15 is 0 Å². The monoisotopic (exact) mass is 727 g/mol. The molecule has 0 spiro atoms. The number of nitrogens with zero attached hydrogens (tertiary/aromatic N) is 3. The molecule has 51 heavy (non-hydrogen) atoms. The van der Waals surface area contributed by atoms with Gasteiger partial charge in [-0.25, -0.2) is 35.2 Å². The first-order valence-corrected chi connectivity index (χ1v) is 17.4. The predicted molar refractivity (Wildman–Crippen MR) is 175 cm³/mol. The van der Waals surface area contributed by atoms with Crippen LogP contribution >= 0.6 is 0 Å². The van der Waals surface area contributed by atoms with Gasteiger partial charge in [-0.1, -0.05) is 42.5 Å². The summed E-state index contributed by atoms with van der Waals surface area (Å²) in [5.41, 5.74) is 2.91. The number of aromatic nitrogens is 1. The van der Waals surface area contributed by atoms with Crippen LogP contribution in [0.4, 0.5) is 27.6 Å². The molecule has 1 fully saturated rings. The lowest BCUT2D eigenvalue weighted by Gasteiger charge is -2.41. The van der Waals surface area contributed by atoms with E-state index < -0.39 is 68.5 Å². The number of halogens is 5. The highest BCUT2D eigenvalue weighted by atomic mass is 32.2. The molecule has 4 aromatic rings. The molecule has 0 radical (unpaired) electrons. The quantitative estimate of drug-likeness (QED) is 0.100. The van der Waals surface area contributed by atoms with Crippen molar-refractivity contribution in [2.75, 3.05) is 11.4 Å². The van der Waals surface area contributed by atoms with E-state index in [1.54, 1.807) is 42.6 Å². The van der Waals surface area contributed by atoms with Gasteiger partial charge in [-0.3, -0.25) is 9.78 Å². The first-order valence-electron chi connectivity index (χ1n) is 15.9. The van der Waals surface area contributed by atoms with E-state index in [4.69, 9.17) is 4.74 Å². The van der Waals surface area contributed by atoms with Gasteiger partial charge >= 0.3 is 5.97 Å². The largest absolute Gasteiger partial charge is 0.488 e. The molecule has 2 aliphatic rings. The molecule has 2 heterocycles. The van der Waals surface area contributed by atoms with Crippen LogP contribution in [-0.4, -0.2) is 47.3 Å². The maximum atomic E-state index is 14.7. The van der Waals surface area contributed by atoms with Crippen molar-refractivity contribution in [1.29, 1.82) is 0 Å². The van der Waals surface area contributed by atoms with E-state index in [1.807, 2.05) is 6.07 Å². The van der Waals surface area contributed by atoms with Gasteiger partial charge in [0.1, 0.15) is 24.0 Å². The van der Waals surface area contributed by atoms with Crippen LogP contribution in [0.1, 0.15) is 59.3 Å². The maximum absolute atomic E-state index is 14.7. The Bertz CT molecular complexity index is 2100. The van der Waals surface area contributed by atoms with Gasteiger partial charge in [0.2, 0.25) is 21.7 Å². The van der Waals surface area contributed by atoms with E-state index in [0.29, 0.717) is 15.6 Å². The molecule has 1 aromatic heterocycles. The van der Waals surface area contributed by atoms with Crippen molar-refractivity contribution < 1.29 is 49.8 Å². The Morgan fingerprint density at radius 2 is 1.63 bits per heavy atom. The molecule has 1 aliphatic carbocycles. The van der Waals surface area contributed by atoms with Crippen LogP contribution in [0.5, 0.6) is 5.75 Å². The first kappa shape index (κ1) is 35.7. The molecule has 15 heteroatoms. The molecule has 0 unspecified atom stereocenters. The van der Waals surface area contributed by atoms with Crippen LogP contribution in [-0.2, 0) is 28.0 Å². The zero-order valence-electron chi connectivity index (χ0n) is 26.8. The van der Waals surface area contributed by atoms with Crippen molar-refractivity contribution in [3.8, 4) is 5.75 Å². The summed E-state index contributed by atoms with van der Waals surface area (Å²) >= 11 is 0. The molecular weight excluding hydrogens is 697 g/mol. The third kappa shape index (κ3) is 7.08. The molecule has 1 N–H and O–H groups in total. The Kier molecular flexibility index (Phi) is 10.2. The number of pyridine rings is 1. The van der Waals surface area contributed by atoms with Gasteiger partial charge in [0, 0.05) is 24.5 Å². The van der Waals surface area contributed by atoms with E-state index in [0.717, 1.165) is 41.7 Å². The zero-order valence-corrected chi connectivity index (χ0v) is 27.6. The summed E-state index contributed by atoms with van der Waals surface area (Å²) in [5.74, 6) is -14.9. The van der Waals surface area contributed by atoms with E-state index in [1.165, 1.54) is 18.2 Å². The molecule has 0 bridgehead atoms. The van der Waals surface area contributed by atoms with Crippen molar-refractivity contribution >= 4 is 33.2 Å². The lowest BCUT2D eigenvalue weighted by atomic mass is 9.94. The molecule has 6 rings (SSSR count). The second-order valence-electron chi connectivity index (χ2n) is 12.0. The average molecular weight is 728 g/mol. The zero-order chi connectivity index (χ0) is 36.4. The highest BCUT2D eigenvalue weighted by Gasteiger charge is 2.48. The lowest BCUT2D eigenvalue weighted by molar-refractivity contribution is -0.125. The number of rotatable bonds is 11. The van der Waals surface area contributed by atoms with Gasteiger partial charge in [-0.05, 0) is 67.0 Å². The third-order valence-corrected chi connectivity index (χ3v) is 10.7. The average Bonchev–Trinajstić information content (AvgIpc) is 3.11. The summed E-state index contributed by atoms with van der Waals surface area (Å²) in [6.07, 6.45) is 7.54. The van der Waals surface area contributed by atoms with Crippen LogP contribution in [0, 0.1) is 29.1 Å². The van der Waals surface area contributed by atoms with Crippen molar-refractivity contribution in [2.45, 2.75) is 56.2 Å². The van der Waals surface area contributed by atoms with E-state index in [9.17, 15) is 45.1 Å². The first-order chi connectivity index (χ1) is 24.4. The number of allylic oxidation sites excluding steroid dienone is 2. The highest BCUT2D eigenvalue weighted by molar-refractivity contribution is 7.89. The molecule has 3 aromatic carbocycles. The fraction of sp³-hybridized carbons (Fsp3) is 0.250. The Balaban J connectivity index is 1.37. The van der Waals surface area contributed by atoms with Crippen molar-refractivity contribution in [1.82, 2.24) is 9.29 Å². The number of carbonyl (C=O) groups excluding carboxylic acids is 1. The predicted octanol–water partition coefficient (Wildman–Crippen LogP) is 7.01. The van der Waals surface area contributed by atoms with Gasteiger partial charge in [0.25, 0.3) is 0 Å². The fourth-order valence-corrected chi connectivity index (χ4v) is 7.73. The topological polar surface area (TPSA) is 117 Å². The summed E-state index contributed by atoms with van der Waals surface area (Å²) in [6.45, 7) is -0.763. The number of benzene rings is 3. The standard InChI is InChI=1S/C36H30F5N3O6S/c37-29-30(38)32(40)34(33(41)31(29)39)51(48,49)44-16-15-27(44)35(45)43(19-24-12-11-23(18-42-24)22-9-5-2-6-10-22)25-13-14-26(36(46)47)28(17-25)50-20-21-7-3-1-4-8-21/h1,3-4,7-9,11-14,17-18,27H,2,5-6,10,15-16,19-20H2,(H,46,47)/t27-/m1/s1. The third-order valence-electron chi connectivity index (χ3n) is 8.81. The summed E-state index contributed by atoms with van der Waals surface area (Å²) in [6, 6.07) is 14.5. The van der Waals surface area contributed by atoms with Gasteiger partial charge in [-0.15, -0.1) is 0 Å². The summed E-state index contributed by atoms with van der Waals surface area (Å²) in [5, 5.41) is 9.85. The number of carboxylic acid groups (broad SMARTS) is 1. The van der Waals surface area contributed by atoms with Crippen LogP contribution in [0.15, 0.2) is 77.8 Å². The number of anilines is 1. The fourth-order valence-electron chi connectivity index (χ4n) is 5.98. The Morgan fingerprint density at radius 3 is 2.22 bits per heavy atom. The molecule has 9 nitrogen and oxygen atoms in total. The number of carbonyl (C=O) groups is 2. The summed E-state index contributed by atoms with van der Waals surface area (Å²) in [4.78, 5) is 29.9. The maximum Gasteiger partial charge on any atom is 0.339 e. The second kappa shape index (κ2) is 14.6. The van der Waals surface area contributed by atoms with Crippen molar-refractivity contribution in [2.24, 2.45) is 0 Å². The molecule has 1 amide bonds. The van der Waals surface area contributed by atoms with E-state index in [2.05, 4.69) is 11.1 Å². The lowest BCUT2D eigenvalue weighted by Crippen LogP contribution is -2.59. The van der Waals surface area contributed by atoms with Crippen LogP contribution < -0.4 is 9.64 Å². The smallest absolute Gasteiger partial charge is 0.339 e. The van der Waals surface area contributed by atoms with Crippen molar-refractivity contribution in [3.05, 3.63) is 124 Å². The Hall–Kier alpha value is -5.15. The summed E-state index contributed by atoms with van der Waals surface area (Å²) in [7, 11) is -5.43. The number of carboxylic acids is 1.